The van der Waals surface area contributed by atoms with Crippen LogP contribution in [0.1, 0.15) is 23.8 Å². The molecular formula is C16H18FNS2. The van der Waals surface area contributed by atoms with E-state index in [0.717, 1.165) is 17.2 Å². The standard InChI is InChI=1S/C16H18FNS2/c17-13-5-7-14(8-6-13)19-12-10-18-9-1-3-15(18)16-4-2-11-20-16/h2,4-8,11,15H,1,3,9-10,12H2. The highest BCUT2D eigenvalue weighted by atomic mass is 32.2. The van der Waals surface area contributed by atoms with Gasteiger partial charge in [0.15, 0.2) is 0 Å². The molecule has 1 atom stereocenters. The number of hydrogen-bond acceptors (Lipinski definition) is 3. The summed E-state index contributed by atoms with van der Waals surface area (Å²) < 4.78 is 12.8. The van der Waals surface area contributed by atoms with Gasteiger partial charge in [-0.25, -0.2) is 4.39 Å². The second kappa shape index (κ2) is 6.74. The van der Waals surface area contributed by atoms with Crippen LogP contribution in [0, 0.1) is 5.82 Å². The maximum atomic E-state index is 12.8. The fraction of sp³-hybridized carbons (Fsp3) is 0.375. The normalized spacial score (nSPS) is 19.6. The van der Waals surface area contributed by atoms with Gasteiger partial charge in [0, 0.05) is 28.1 Å². The van der Waals surface area contributed by atoms with Gasteiger partial charge in [-0.15, -0.1) is 23.1 Å². The SMILES string of the molecule is Fc1ccc(SCCN2CCCC2c2cccs2)cc1. The number of thioether (sulfide) groups is 1. The molecule has 1 saturated heterocycles. The molecule has 2 aromatic rings. The first-order valence-corrected chi connectivity index (χ1v) is 8.85. The zero-order chi connectivity index (χ0) is 13.8. The van der Waals surface area contributed by atoms with Crippen LogP contribution < -0.4 is 0 Å². The fourth-order valence-corrected chi connectivity index (χ4v) is 4.49. The Morgan fingerprint density at radius 2 is 2.10 bits per heavy atom. The van der Waals surface area contributed by atoms with Crippen molar-refractivity contribution in [1.29, 1.82) is 0 Å². The zero-order valence-corrected chi connectivity index (χ0v) is 12.9. The molecule has 0 spiro atoms. The van der Waals surface area contributed by atoms with Crippen LogP contribution in [-0.2, 0) is 0 Å². The third-order valence-corrected chi connectivity index (χ3v) is 5.66. The lowest BCUT2D eigenvalue weighted by Crippen LogP contribution is -2.25. The molecule has 0 radical (unpaired) electrons. The van der Waals surface area contributed by atoms with E-state index in [0.29, 0.717) is 6.04 Å². The van der Waals surface area contributed by atoms with Crippen LogP contribution in [0.15, 0.2) is 46.7 Å². The highest BCUT2D eigenvalue weighted by Crippen LogP contribution is 2.34. The van der Waals surface area contributed by atoms with Gasteiger partial charge in [0.2, 0.25) is 0 Å². The lowest BCUT2D eigenvalue weighted by molar-refractivity contribution is 0.277. The average molecular weight is 307 g/mol. The van der Waals surface area contributed by atoms with Crippen molar-refractivity contribution in [2.45, 2.75) is 23.8 Å². The minimum atomic E-state index is -0.161. The van der Waals surface area contributed by atoms with Crippen LogP contribution in [0.5, 0.6) is 0 Å². The van der Waals surface area contributed by atoms with Crippen LogP contribution in [0.2, 0.25) is 0 Å². The molecule has 3 rings (SSSR count). The largest absolute Gasteiger partial charge is 0.295 e. The molecule has 0 aliphatic carbocycles. The topological polar surface area (TPSA) is 3.24 Å². The van der Waals surface area contributed by atoms with E-state index in [4.69, 9.17) is 0 Å². The Morgan fingerprint density at radius 1 is 1.25 bits per heavy atom. The Morgan fingerprint density at radius 3 is 2.85 bits per heavy atom. The number of nitrogens with zero attached hydrogens (tertiary/aromatic N) is 1. The first-order chi connectivity index (χ1) is 9.83. The molecule has 4 heteroatoms. The third-order valence-electron chi connectivity index (χ3n) is 3.70. The predicted molar refractivity (Wildman–Crippen MR) is 85.0 cm³/mol. The van der Waals surface area contributed by atoms with Crippen molar-refractivity contribution in [2.75, 3.05) is 18.8 Å². The Hall–Kier alpha value is -0.840. The summed E-state index contributed by atoms with van der Waals surface area (Å²) in [6.07, 6.45) is 2.57. The van der Waals surface area contributed by atoms with Crippen LogP contribution in [0.3, 0.4) is 0 Å². The van der Waals surface area contributed by atoms with Crippen LogP contribution in [-0.4, -0.2) is 23.7 Å². The quantitative estimate of drug-likeness (QED) is 0.729. The van der Waals surface area contributed by atoms with Crippen molar-refractivity contribution in [3.8, 4) is 0 Å². The Bertz CT molecular complexity index is 524. The first-order valence-electron chi connectivity index (χ1n) is 6.99. The van der Waals surface area contributed by atoms with E-state index >= 15 is 0 Å². The summed E-state index contributed by atoms with van der Waals surface area (Å²) in [6.45, 7) is 2.30. The maximum absolute atomic E-state index is 12.8. The molecule has 0 bridgehead atoms. The lowest BCUT2D eigenvalue weighted by Gasteiger charge is -2.23. The predicted octanol–water partition coefficient (Wildman–Crippen LogP) is 4.82. The van der Waals surface area contributed by atoms with E-state index in [2.05, 4.69) is 22.4 Å². The van der Waals surface area contributed by atoms with Crippen molar-refractivity contribution in [3.05, 3.63) is 52.5 Å². The molecule has 1 aromatic carbocycles. The van der Waals surface area contributed by atoms with Gasteiger partial charge in [-0.2, -0.15) is 0 Å². The minimum Gasteiger partial charge on any atom is -0.295 e. The summed E-state index contributed by atoms with van der Waals surface area (Å²) in [5.74, 6) is 0.902. The van der Waals surface area contributed by atoms with E-state index < -0.39 is 0 Å². The summed E-state index contributed by atoms with van der Waals surface area (Å²) in [4.78, 5) is 5.23. The molecule has 1 aromatic heterocycles. The fourth-order valence-electron chi connectivity index (χ4n) is 2.71. The molecule has 0 saturated carbocycles. The third kappa shape index (κ3) is 3.43. The highest BCUT2D eigenvalue weighted by molar-refractivity contribution is 7.99. The van der Waals surface area contributed by atoms with Crippen molar-refractivity contribution in [2.24, 2.45) is 0 Å². The van der Waals surface area contributed by atoms with Crippen molar-refractivity contribution in [1.82, 2.24) is 4.90 Å². The highest BCUT2D eigenvalue weighted by Gasteiger charge is 2.25. The first kappa shape index (κ1) is 14.1. The van der Waals surface area contributed by atoms with Gasteiger partial charge in [-0.3, -0.25) is 4.90 Å². The molecule has 1 aliphatic heterocycles. The molecule has 0 N–H and O–H groups in total. The second-order valence-electron chi connectivity index (χ2n) is 5.01. The summed E-state index contributed by atoms with van der Waals surface area (Å²) in [5.41, 5.74) is 0. The van der Waals surface area contributed by atoms with Gasteiger partial charge in [0.05, 0.1) is 0 Å². The molecule has 20 heavy (non-hydrogen) atoms. The van der Waals surface area contributed by atoms with Gasteiger partial charge < -0.3 is 0 Å². The maximum Gasteiger partial charge on any atom is 0.123 e. The van der Waals surface area contributed by atoms with Crippen LogP contribution >= 0.6 is 23.1 Å². The summed E-state index contributed by atoms with van der Waals surface area (Å²) >= 11 is 3.68. The number of likely N-dealkylation sites (tertiary alicyclic amines) is 1. The van der Waals surface area contributed by atoms with Crippen molar-refractivity contribution in [3.63, 3.8) is 0 Å². The van der Waals surface area contributed by atoms with Gasteiger partial charge in [0.25, 0.3) is 0 Å². The lowest BCUT2D eigenvalue weighted by atomic mass is 10.2. The Balaban J connectivity index is 1.51. The van der Waals surface area contributed by atoms with Crippen molar-refractivity contribution < 1.29 is 4.39 Å². The van der Waals surface area contributed by atoms with E-state index in [1.165, 1.54) is 36.4 Å². The van der Waals surface area contributed by atoms with Crippen LogP contribution in [0.25, 0.3) is 0 Å². The minimum absolute atomic E-state index is 0.161. The van der Waals surface area contributed by atoms with Crippen LogP contribution in [0.4, 0.5) is 4.39 Å². The van der Waals surface area contributed by atoms with E-state index in [1.54, 1.807) is 0 Å². The molecule has 0 amide bonds. The Kier molecular flexibility index (Phi) is 4.76. The number of rotatable bonds is 5. The van der Waals surface area contributed by atoms with Gasteiger partial charge in [-0.05, 0) is 55.1 Å². The summed E-state index contributed by atoms with van der Waals surface area (Å²) in [7, 11) is 0. The Labute approximate surface area is 127 Å². The van der Waals surface area contributed by atoms with E-state index in [9.17, 15) is 4.39 Å². The smallest absolute Gasteiger partial charge is 0.123 e. The number of halogens is 1. The molecule has 1 aliphatic rings. The van der Waals surface area contributed by atoms with Gasteiger partial charge in [-0.1, -0.05) is 6.07 Å². The zero-order valence-electron chi connectivity index (χ0n) is 11.3. The monoisotopic (exact) mass is 307 g/mol. The molecule has 1 fully saturated rings. The van der Waals surface area contributed by atoms with E-state index in [-0.39, 0.29) is 5.82 Å². The molecule has 1 unspecified atom stereocenters. The van der Waals surface area contributed by atoms with Gasteiger partial charge in [0.1, 0.15) is 5.82 Å². The second-order valence-corrected chi connectivity index (χ2v) is 7.16. The van der Waals surface area contributed by atoms with E-state index in [1.807, 2.05) is 35.2 Å². The molecule has 1 nitrogen and oxygen atoms in total. The number of thiophene rings is 1. The molecule has 106 valence electrons. The summed E-state index contributed by atoms with van der Waals surface area (Å²) in [6, 6.07) is 11.8. The summed E-state index contributed by atoms with van der Waals surface area (Å²) in [5, 5.41) is 2.17. The molecule has 2 heterocycles. The number of benzene rings is 1. The molecular weight excluding hydrogens is 289 g/mol. The number of hydrogen-bond donors (Lipinski definition) is 0. The van der Waals surface area contributed by atoms with Gasteiger partial charge >= 0.3 is 0 Å². The van der Waals surface area contributed by atoms with Crippen molar-refractivity contribution >= 4 is 23.1 Å². The average Bonchev–Trinajstić information content (AvgIpc) is 3.11.